The molecule has 1 aromatic carbocycles. The maximum absolute atomic E-state index is 6.58. The third-order valence-electron chi connectivity index (χ3n) is 4.33. The minimum atomic E-state index is -0.0551. The molecule has 1 aliphatic heterocycles. The van der Waals surface area contributed by atoms with Crippen molar-refractivity contribution in [2.45, 2.75) is 12.1 Å². The van der Waals surface area contributed by atoms with Crippen molar-refractivity contribution in [2.75, 3.05) is 33.7 Å². The van der Waals surface area contributed by atoms with E-state index in [2.05, 4.69) is 41.1 Å². The van der Waals surface area contributed by atoms with Crippen LogP contribution in [0.15, 0.2) is 42.6 Å². The SMILES string of the molecule is CN1CCN(C)C(C(N)c2ccnn2-c2ccccc2)C1. The molecule has 0 radical (unpaired) electrons. The molecule has 112 valence electrons. The summed E-state index contributed by atoms with van der Waals surface area (Å²) in [6.45, 7) is 3.13. The van der Waals surface area contributed by atoms with E-state index < -0.39 is 0 Å². The van der Waals surface area contributed by atoms with Gasteiger partial charge in [-0.15, -0.1) is 0 Å². The Morgan fingerprint density at radius 1 is 1.14 bits per heavy atom. The molecule has 21 heavy (non-hydrogen) atoms. The van der Waals surface area contributed by atoms with Gasteiger partial charge in [-0.1, -0.05) is 18.2 Å². The fraction of sp³-hybridized carbons (Fsp3) is 0.438. The van der Waals surface area contributed by atoms with Gasteiger partial charge in [0, 0.05) is 31.9 Å². The number of nitrogens with zero attached hydrogens (tertiary/aromatic N) is 4. The van der Waals surface area contributed by atoms with Gasteiger partial charge in [0.05, 0.1) is 17.4 Å². The van der Waals surface area contributed by atoms with E-state index >= 15 is 0 Å². The molecule has 0 saturated carbocycles. The number of rotatable bonds is 3. The zero-order valence-corrected chi connectivity index (χ0v) is 12.7. The first-order valence-corrected chi connectivity index (χ1v) is 7.40. The molecular formula is C16H23N5. The Hall–Kier alpha value is -1.69. The Morgan fingerprint density at radius 3 is 2.67 bits per heavy atom. The predicted octanol–water partition coefficient (Wildman–Crippen LogP) is 1.12. The quantitative estimate of drug-likeness (QED) is 0.918. The zero-order chi connectivity index (χ0) is 14.8. The van der Waals surface area contributed by atoms with Gasteiger partial charge in [0.15, 0.2) is 0 Å². The number of para-hydroxylation sites is 1. The van der Waals surface area contributed by atoms with E-state index in [9.17, 15) is 0 Å². The molecule has 5 nitrogen and oxygen atoms in total. The predicted molar refractivity (Wildman–Crippen MR) is 84.4 cm³/mol. The molecule has 1 fully saturated rings. The summed E-state index contributed by atoms with van der Waals surface area (Å²) < 4.78 is 1.95. The summed E-state index contributed by atoms with van der Waals surface area (Å²) in [5.74, 6) is 0. The Kier molecular flexibility index (Phi) is 4.05. The Labute approximate surface area is 126 Å². The molecule has 0 aliphatic carbocycles. The van der Waals surface area contributed by atoms with Gasteiger partial charge >= 0.3 is 0 Å². The molecule has 0 bridgehead atoms. The van der Waals surface area contributed by atoms with E-state index in [1.54, 1.807) is 0 Å². The normalized spacial score (nSPS) is 22.3. The van der Waals surface area contributed by atoms with Crippen molar-refractivity contribution in [1.29, 1.82) is 0 Å². The second-order valence-electron chi connectivity index (χ2n) is 5.84. The minimum absolute atomic E-state index is 0.0551. The van der Waals surface area contributed by atoms with E-state index in [-0.39, 0.29) is 6.04 Å². The van der Waals surface area contributed by atoms with Gasteiger partial charge in [-0.3, -0.25) is 4.90 Å². The fourth-order valence-corrected chi connectivity index (χ4v) is 2.98. The Bertz CT molecular complexity index is 579. The van der Waals surface area contributed by atoms with E-state index in [0.29, 0.717) is 6.04 Å². The van der Waals surface area contributed by atoms with Crippen molar-refractivity contribution in [1.82, 2.24) is 19.6 Å². The third kappa shape index (κ3) is 2.85. The highest BCUT2D eigenvalue weighted by molar-refractivity contribution is 5.33. The van der Waals surface area contributed by atoms with Crippen LogP contribution in [-0.2, 0) is 0 Å². The molecule has 1 aromatic heterocycles. The lowest BCUT2D eigenvalue weighted by Gasteiger charge is -2.40. The average molecular weight is 285 g/mol. The standard InChI is InChI=1S/C16H23N5/c1-19-10-11-20(2)15(12-19)16(17)14-8-9-18-21(14)13-6-4-3-5-7-13/h3-9,15-16H,10-12,17H2,1-2H3. The highest BCUT2D eigenvalue weighted by Crippen LogP contribution is 2.23. The Balaban J connectivity index is 1.89. The summed E-state index contributed by atoms with van der Waals surface area (Å²) >= 11 is 0. The number of nitrogens with two attached hydrogens (primary N) is 1. The van der Waals surface area contributed by atoms with Gasteiger partial charge in [0.1, 0.15) is 0 Å². The first kappa shape index (κ1) is 14.3. The first-order valence-electron chi connectivity index (χ1n) is 7.40. The smallest absolute Gasteiger partial charge is 0.0649 e. The molecule has 1 aliphatic rings. The van der Waals surface area contributed by atoms with Crippen molar-refractivity contribution in [3.05, 3.63) is 48.3 Å². The second-order valence-corrected chi connectivity index (χ2v) is 5.84. The van der Waals surface area contributed by atoms with Crippen LogP contribution in [0.1, 0.15) is 11.7 Å². The summed E-state index contributed by atoms with van der Waals surface area (Å²) in [6.07, 6.45) is 1.83. The summed E-state index contributed by atoms with van der Waals surface area (Å²) in [5, 5.41) is 4.45. The summed E-state index contributed by atoms with van der Waals surface area (Å²) in [4.78, 5) is 4.70. The molecule has 2 unspecified atom stereocenters. The largest absolute Gasteiger partial charge is 0.321 e. The Morgan fingerprint density at radius 2 is 1.90 bits per heavy atom. The molecular weight excluding hydrogens is 262 g/mol. The number of aromatic nitrogens is 2. The topological polar surface area (TPSA) is 50.3 Å². The van der Waals surface area contributed by atoms with Crippen LogP contribution in [0.3, 0.4) is 0 Å². The molecule has 0 amide bonds. The van der Waals surface area contributed by atoms with E-state index in [0.717, 1.165) is 31.0 Å². The van der Waals surface area contributed by atoms with Crippen LogP contribution in [0, 0.1) is 0 Å². The van der Waals surface area contributed by atoms with Crippen molar-refractivity contribution < 1.29 is 0 Å². The van der Waals surface area contributed by atoms with Gasteiger partial charge in [0.2, 0.25) is 0 Å². The van der Waals surface area contributed by atoms with Gasteiger partial charge in [-0.25, -0.2) is 4.68 Å². The highest BCUT2D eigenvalue weighted by Gasteiger charge is 2.30. The first-order chi connectivity index (χ1) is 10.2. The van der Waals surface area contributed by atoms with E-state index in [4.69, 9.17) is 5.73 Å². The van der Waals surface area contributed by atoms with Crippen molar-refractivity contribution in [3.8, 4) is 5.69 Å². The van der Waals surface area contributed by atoms with Crippen LogP contribution in [-0.4, -0.2) is 59.4 Å². The molecule has 0 spiro atoms. The maximum Gasteiger partial charge on any atom is 0.0649 e. The molecule has 3 rings (SSSR count). The van der Waals surface area contributed by atoms with E-state index in [1.807, 2.05) is 35.1 Å². The van der Waals surface area contributed by atoms with Crippen LogP contribution in [0.4, 0.5) is 0 Å². The molecule has 2 atom stereocenters. The van der Waals surface area contributed by atoms with Crippen LogP contribution in [0.2, 0.25) is 0 Å². The molecule has 2 heterocycles. The number of likely N-dealkylation sites (N-methyl/N-ethyl adjacent to an activating group) is 2. The summed E-state index contributed by atoms with van der Waals surface area (Å²) in [7, 11) is 4.31. The van der Waals surface area contributed by atoms with Gasteiger partial charge < -0.3 is 10.6 Å². The monoisotopic (exact) mass is 285 g/mol. The lowest BCUT2D eigenvalue weighted by atomic mass is 10.0. The summed E-state index contributed by atoms with van der Waals surface area (Å²) in [5.41, 5.74) is 8.69. The zero-order valence-electron chi connectivity index (χ0n) is 12.7. The number of benzene rings is 1. The lowest BCUT2D eigenvalue weighted by molar-refractivity contribution is 0.0959. The van der Waals surface area contributed by atoms with E-state index in [1.165, 1.54) is 0 Å². The number of hydrogen-bond donors (Lipinski definition) is 1. The van der Waals surface area contributed by atoms with Gasteiger partial charge in [-0.2, -0.15) is 5.10 Å². The van der Waals surface area contributed by atoms with Crippen LogP contribution < -0.4 is 5.73 Å². The molecule has 2 N–H and O–H groups in total. The minimum Gasteiger partial charge on any atom is -0.321 e. The highest BCUT2D eigenvalue weighted by atomic mass is 15.3. The maximum atomic E-state index is 6.58. The van der Waals surface area contributed by atoms with Gasteiger partial charge in [0.25, 0.3) is 0 Å². The lowest BCUT2D eigenvalue weighted by Crippen LogP contribution is -2.54. The van der Waals surface area contributed by atoms with Crippen molar-refractivity contribution >= 4 is 0 Å². The molecule has 1 saturated heterocycles. The molecule has 2 aromatic rings. The number of hydrogen-bond acceptors (Lipinski definition) is 4. The van der Waals surface area contributed by atoms with Crippen LogP contribution in [0.25, 0.3) is 5.69 Å². The third-order valence-corrected chi connectivity index (χ3v) is 4.33. The van der Waals surface area contributed by atoms with Crippen molar-refractivity contribution in [2.24, 2.45) is 5.73 Å². The average Bonchev–Trinajstić information content (AvgIpc) is 2.99. The van der Waals surface area contributed by atoms with Gasteiger partial charge in [-0.05, 0) is 32.3 Å². The fourth-order valence-electron chi connectivity index (χ4n) is 2.98. The van der Waals surface area contributed by atoms with Crippen LogP contribution in [0.5, 0.6) is 0 Å². The van der Waals surface area contributed by atoms with Crippen molar-refractivity contribution in [3.63, 3.8) is 0 Å². The molecule has 5 heteroatoms. The second kappa shape index (κ2) is 5.97. The van der Waals surface area contributed by atoms with Crippen LogP contribution >= 0.6 is 0 Å². The summed E-state index contributed by atoms with van der Waals surface area (Å²) in [6, 6.07) is 12.4. The number of piperazine rings is 1.